The SMILES string of the molecule is Cc1sc2c(c1C)C(c1ccc(Cl)cc1)=NC(C#CC(N)=O)c1cc(=O)n(C)cc1-2. The predicted octanol–water partition coefficient (Wildman–Crippen LogP) is 3.76. The zero-order chi connectivity index (χ0) is 21.6. The minimum atomic E-state index is -0.741. The molecule has 0 saturated carbocycles. The number of fused-ring (bicyclic) bond motifs is 3. The summed E-state index contributed by atoms with van der Waals surface area (Å²) in [6, 6.07) is 8.27. The summed E-state index contributed by atoms with van der Waals surface area (Å²) in [5.74, 6) is 4.51. The van der Waals surface area contributed by atoms with E-state index < -0.39 is 11.9 Å². The van der Waals surface area contributed by atoms with Crippen LogP contribution in [0.15, 0.2) is 46.3 Å². The molecule has 0 bridgehead atoms. The van der Waals surface area contributed by atoms with Gasteiger partial charge in [-0.25, -0.2) is 0 Å². The van der Waals surface area contributed by atoms with E-state index in [1.807, 2.05) is 30.5 Å². The van der Waals surface area contributed by atoms with Gasteiger partial charge in [-0.05, 0) is 37.5 Å². The summed E-state index contributed by atoms with van der Waals surface area (Å²) in [7, 11) is 1.71. The van der Waals surface area contributed by atoms with Gasteiger partial charge in [-0.3, -0.25) is 14.6 Å². The van der Waals surface area contributed by atoms with Crippen molar-refractivity contribution >= 4 is 34.6 Å². The number of pyridine rings is 1. The molecule has 0 radical (unpaired) electrons. The Labute approximate surface area is 182 Å². The molecule has 1 atom stereocenters. The van der Waals surface area contributed by atoms with Gasteiger partial charge in [0, 0.05) is 56.3 Å². The summed E-state index contributed by atoms with van der Waals surface area (Å²) in [6.45, 7) is 4.13. The molecule has 3 heterocycles. The van der Waals surface area contributed by atoms with Crippen molar-refractivity contribution < 1.29 is 4.79 Å². The molecule has 7 heteroatoms. The van der Waals surface area contributed by atoms with Gasteiger partial charge in [-0.15, -0.1) is 11.3 Å². The van der Waals surface area contributed by atoms with Gasteiger partial charge >= 0.3 is 0 Å². The van der Waals surface area contributed by atoms with E-state index in [0.717, 1.165) is 32.8 Å². The van der Waals surface area contributed by atoms with Gasteiger partial charge in [0.15, 0.2) is 0 Å². The number of hydrogen-bond acceptors (Lipinski definition) is 4. The average Bonchev–Trinajstić information content (AvgIpc) is 2.92. The minimum Gasteiger partial charge on any atom is -0.359 e. The molecule has 4 rings (SSSR count). The van der Waals surface area contributed by atoms with E-state index in [4.69, 9.17) is 22.3 Å². The zero-order valence-electron chi connectivity index (χ0n) is 16.6. The first-order chi connectivity index (χ1) is 14.3. The summed E-state index contributed by atoms with van der Waals surface area (Å²) in [6.07, 6.45) is 1.81. The Kier molecular flexibility index (Phi) is 5.10. The molecule has 5 nitrogen and oxygen atoms in total. The van der Waals surface area contributed by atoms with Gasteiger partial charge in [0.1, 0.15) is 6.04 Å². The Bertz CT molecular complexity index is 1340. The van der Waals surface area contributed by atoms with Crippen LogP contribution in [0.5, 0.6) is 0 Å². The Balaban J connectivity index is 2.10. The maximum Gasteiger partial charge on any atom is 0.293 e. The number of benzene rings is 1. The predicted molar refractivity (Wildman–Crippen MR) is 121 cm³/mol. The number of thiophene rings is 1. The number of halogens is 1. The van der Waals surface area contributed by atoms with Gasteiger partial charge in [-0.1, -0.05) is 29.7 Å². The van der Waals surface area contributed by atoms with Gasteiger partial charge in [0.25, 0.3) is 11.5 Å². The fourth-order valence-corrected chi connectivity index (χ4v) is 4.82. The van der Waals surface area contributed by atoms with Gasteiger partial charge in [0.2, 0.25) is 0 Å². The molecule has 0 fully saturated rings. The van der Waals surface area contributed by atoms with Crippen LogP contribution in [0.25, 0.3) is 10.4 Å². The fraction of sp³-hybridized carbons (Fsp3) is 0.174. The number of aryl methyl sites for hydroxylation is 2. The molecule has 3 aromatic rings. The van der Waals surface area contributed by atoms with E-state index >= 15 is 0 Å². The fourth-order valence-electron chi connectivity index (χ4n) is 3.50. The van der Waals surface area contributed by atoms with E-state index in [0.29, 0.717) is 10.6 Å². The molecule has 0 saturated heterocycles. The van der Waals surface area contributed by atoms with Gasteiger partial charge < -0.3 is 10.3 Å². The third-order valence-electron chi connectivity index (χ3n) is 5.13. The lowest BCUT2D eigenvalue weighted by atomic mass is 9.96. The van der Waals surface area contributed by atoms with Crippen molar-refractivity contribution in [3.05, 3.63) is 79.0 Å². The number of amides is 1. The Hall–Kier alpha value is -3.14. The number of primary amides is 1. The lowest BCUT2D eigenvalue weighted by Crippen LogP contribution is -2.17. The standard InChI is InChI=1S/C23H18ClN3O2S/c1-12-13(2)30-23-17-11-27(3)20(29)10-16(17)18(8-9-19(25)28)26-22(21(12)23)14-4-6-15(24)7-5-14/h4-7,10-11,18H,1-3H3,(H2,25,28). The van der Waals surface area contributed by atoms with Crippen LogP contribution >= 0.6 is 22.9 Å². The maximum absolute atomic E-state index is 12.4. The first-order valence-corrected chi connectivity index (χ1v) is 10.4. The normalized spacial score (nSPS) is 14.7. The van der Waals surface area contributed by atoms with E-state index in [1.165, 1.54) is 10.9 Å². The Morgan fingerprint density at radius 1 is 1.27 bits per heavy atom. The van der Waals surface area contributed by atoms with Crippen molar-refractivity contribution in [2.45, 2.75) is 19.9 Å². The highest BCUT2D eigenvalue weighted by Crippen LogP contribution is 2.43. The summed E-state index contributed by atoms with van der Waals surface area (Å²) in [5, 5.41) is 0.628. The molecule has 2 N–H and O–H groups in total. The molecule has 150 valence electrons. The maximum atomic E-state index is 12.4. The van der Waals surface area contributed by atoms with Gasteiger partial charge in [0.05, 0.1) is 5.71 Å². The van der Waals surface area contributed by atoms with Crippen LogP contribution in [0.3, 0.4) is 0 Å². The summed E-state index contributed by atoms with van der Waals surface area (Å²) >= 11 is 7.74. The third-order valence-corrected chi connectivity index (χ3v) is 6.62. The van der Waals surface area contributed by atoms with E-state index in [9.17, 15) is 9.59 Å². The number of aliphatic imine (C=N–C) groups is 1. The highest BCUT2D eigenvalue weighted by molar-refractivity contribution is 7.16. The molecule has 0 spiro atoms. The smallest absolute Gasteiger partial charge is 0.293 e. The van der Waals surface area contributed by atoms with Crippen LogP contribution < -0.4 is 11.3 Å². The quantitative estimate of drug-likeness (QED) is 0.590. The van der Waals surface area contributed by atoms with Crippen LogP contribution in [0, 0.1) is 25.7 Å². The number of hydrogen-bond donors (Lipinski definition) is 1. The summed E-state index contributed by atoms with van der Waals surface area (Å²) in [5.41, 5.74) is 10.4. The molecule has 0 aliphatic carbocycles. The minimum absolute atomic E-state index is 0.170. The Morgan fingerprint density at radius 2 is 1.97 bits per heavy atom. The number of nitrogens with two attached hydrogens (primary N) is 1. The number of rotatable bonds is 1. The third kappa shape index (κ3) is 3.47. The highest BCUT2D eigenvalue weighted by Gasteiger charge is 2.28. The molecule has 30 heavy (non-hydrogen) atoms. The number of aromatic nitrogens is 1. The molecule has 1 amide bonds. The van der Waals surface area contributed by atoms with Crippen molar-refractivity contribution in [1.29, 1.82) is 0 Å². The molecule has 1 aliphatic rings. The molecule has 1 aromatic carbocycles. The summed E-state index contributed by atoms with van der Waals surface area (Å²) in [4.78, 5) is 30.9. The largest absolute Gasteiger partial charge is 0.359 e. The van der Waals surface area contributed by atoms with Gasteiger partial charge in [-0.2, -0.15) is 0 Å². The second-order valence-corrected chi connectivity index (χ2v) is 8.76. The van der Waals surface area contributed by atoms with Crippen molar-refractivity contribution in [2.24, 2.45) is 17.8 Å². The zero-order valence-corrected chi connectivity index (χ0v) is 18.2. The average molecular weight is 436 g/mol. The van der Waals surface area contributed by atoms with E-state index in [2.05, 4.69) is 25.7 Å². The van der Waals surface area contributed by atoms with Crippen LogP contribution in [0.4, 0.5) is 0 Å². The monoisotopic (exact) mass is 435 g/mol. The molecular formula is C23H18ClN3O2S. The second-order valence-electron chi connectivity index (χ2n) is 7.10. The highest BCUT2D eigenvalue weighted by atomic mass is 35.5. The van der Waals surface area contributed by atoms with Crippen LogP contribution in [-0.2, 0) is 11.8 Å². The Morgan fingerprint density at radius 3 is 2.63 bits per heavy atom. The molecular weight excluding hydrogens is 418 g/mol. The van der Waals surface area contributed by atoms with E-state index in [-0.39, 0.29) is 5.56 Å². The van der Waals surface area contributed by atoms with E-state index in [1.54, 1.807) is 23.0 Å². The van der Waals surface area contributed by atoms with Crippen molar-refractivity contribution in [3.8, 4) is 22.3 Å². The number of carbonyl (C=O) groups is 1. The lowest BCUT2D eigenvalue weighted by molar-refractivity contribution is -0.112. The van der Waals surface area contributed by atoms with Crippen molar-refractivity contribution in [2.75, 3.05) is 0 Å². The number of nitrogens with zero attached hydrogens (tertiary/aromatic N) is 2. The first-order valence-electron chi connectivity index (χ1n) is 9.22. The lowest BCUT2D eigenvalue weighted by Gasteiger charge is -2.11. The van der Waals surface area contributed by atoms with Crippen molar-refractivity contribution in [3.63, 3.8) is 0 Å². The number of carbonyl (C=O) groups excluding carboxylic acids is 1. The van der Waals surface area contributed by atoms with Crippen LogP contribution in [-0.4, -0.2) is 16.2 Å². The van der Waals surface area contributed by atoms with Crippen LogP contribution in [0.2, 0.25) is 5.02 Å². The molecule has 2 aromatic heterocycles. The van der Waals surface area contributed by atoms with Crippen LogP contribution in [0.1, 0.15) is 33.2 Å². The second kappa shape index (κ2) is 7.60. The van der Waals surface area contributed by atoms with Crippen molar-refractivity contribution in [1.82, 2.24) is 4.57 Å². The molecule has 1 unspecified atom stereocenters. The molecule has 1 aliphatic heterocycles. The topological polar surface area (TPSA) is 77.4 Å². The first kappa shape index (κ1) is 20.1. The summed E-state index contributed by atoms with van der Waals surface area (Å²) < 4.78 is 1.54.